The van der Waals surface area contributed by atoms with Gasteiger partial charge in [0.15, 0.2) is 5.82 Å². The molecule has 2 aromatic carbocycles. The lowest BCUT2D eigenvalue weighted by Crippen LogP contribution is -2.50. The van der Waals surface area contributed by atoms with Crippen molar-refractivity contribution in [2.24, 2.45) is 10.7 Å². The smallest absolute Gasteiger partial charge is 0.239 e. The first kappa shape index (κ1) is 22.6. The number of halogens is 2. The van der Waals surface area contributed by atoms with E-state index in [0.29, 0.717) is 21.9 Å². The molecule has 7 nitrogen and oxygen atoms in total. The number of rotatable bonds is 4. The van der Waals surface area contributed by atoms with E-state index in [4.69, 9.17) is 17.3 Å². The van der Waals surface area contributed by atoms with Gasteiger partial charge in [-0.25, -0.2) is 22.1 Å². The number of nitrogens with two attached hydrogens (primary N) is 1. The van der Waals surface area contributed by atoms with Crippen molar-refractivity contribution in [3.8, 4) is 6.07 Å². The summed E-state index contributed by atoms with van der Waals surface area (Å²) in [6, 6.07) is 13.4. The topological polar surface area (TPSA) is 112 Å². The van der Waals surface area contributed by atoms with E-state index in [9.17, 15) is 13.7 Å². The van der Waals surface area contributed by atoms with Gasteiger partial charge in [0.1, 0.15) is 11.6 Å². The highest BCUT2D eigenvalue weighted by atomic mass is 35.5. The van der Waals surface area contributed by atoms with Gasteiger partial charge in [-0.05, 0) is 37.6 Å². The van der Waals surface area contributed by atoms with Crippen LogP contribution in [0, 0.1) is 17.1 Å². The van der Waals surface area contributed by atoms with Crippen molar-refractivity contribution in [1.29, 1.82) is 5.26 Å². The highest BCUT2D eigenvalue weighted by molar-refractivity contribution is 7.89. The summed E-state index contributed by atoms with van der Waals surface area (Å²) in [5.74, 6) is -1.31. The molecule has 0 unspecified atom stereocenters. The Hall–Kier alpha value is -3.09. The van der Waals surface area contributed by atoms with E-state index in [-0.39, 0.29) is 17.2 Å². The molecular weight excluding hydrogens is 441 g/mol. The van der Waals surface area contributed by atoms with Crippen LogP contribution in [0.25, 0.3) is 5.57 Å². The van der Waals surface area contributed by atoms with Gasteiger partial charge in [0.2, 0.25) is 16.0 Å². The summed E-state index contributed by atoms with van der Waals surface area (Å²) in [6.07, 6.45) is 0. The lowest BCUT2D eigenvalue weighted by Gasteiger charge is -2.34. The van der Waals surface area contributed by atoms with E-state index in [1.807, 2.05) is 0 Å². The van der Waals surface area contributed by atoms with Crippen molar-refractivity contribution in [2.75, 3.05) is 18.1 Å². The van der Waals surface area contributed by atoms with Gasteiger partial charge in [-0.3, -0.25) is 0 Å². The second kappa shape index (κ2) is 8.21. The standard InChI is InChI=1S/C21H21ClFN5O2S/c1-13(16(11-24)14-7-9-15(22)10-8-14)26-18-6-4-5-17(19(18)23)21(2)12-31(29,30)28(3)20(25)27-21/h4-10,26H,12H2,1-3H3,(H2,25,27)/b16-13-/t21-/m0/s1. The number of hydrogen-bond acceptors (Lipinski definition) is 6. The van der Waals surface area contributed by atoms with Gasteiger partial charge in [0.25, 0.3) is 0 Å². The van der Waals surface area contributed by atoms with Gasteiger partial charge in [-0.15, -0.1) is 0 Å². The van der Waals surface area contributed by atoms with Crippen LogP contribution in [0.3, 0.4) is 0 Å². The Labute approximate surface area is 185 Å². The van der Waals surface area contributed by atoms with Crippen LogP contribution in [0.5, 0.6) is 0 Å². The minimum atomic E-state index is -3.75. The van der Waals surface area contributed by atoms with Gasteiger partial charge in [0.05, 0.1) is 17.0 Å². The number of guanidine groups is 1. The first-order valence-electron chi connectivity index (χ1n) is 9.23. The van der Waals surface area contributed by atoms with Gasteiger partial charge in [0, 0.05) is 23.3 Å². The molecule has 0 fully saturated rings. The predicted molar refractivity (Wildman–Crippen MR) is 120 cm³/mol. The van der Waals surface area contributed by atoms with E-state index >= 15 is 4.39 Å². The molecule has 1 atom stereocenters. The molecule has 162 valence electrons. The van der Waals surface area contributed by atoms with Crippen molar-refractivity contribution in [3.05, 3.63) is 70.1 Å². The van der Waals surface area contributed by atoms with Crippen LogP contribution in [0.1, 0.15) is 25.0 Å². The quantitative estimate of drug-likeness (QED) is 0.675. The molecule has 0 spiro atoms. The number of nitrogens with one attached hydrogen (secondary N) is 1. The lowest BCUT2D eigenvalue weighted by atomic mass is 9.93. The predicted octanol–water partition coefficient (Wildman–Crippen LogP) is 3.65. The summed E-state index contributed by atoms with van der Waals surface area (Å²) in [4.78, 5) is 4.25. The molecule has 3 rings (SSSR count). The van der Waals surface area contributed by atoms with Gasteiger partial charge >= 0.3 is 0 Å². The van der Waals surface area contributed by atoms with Crippen LogP contribution in [0.2, 0.25) is 5.02 Å². The number of benzene rings is 2. The Morgan fingerprint density at radius 3 is 2.55 bits per heavy atom. The second-order valence-electron chi connectivity index (χ2n) is 7.38. The normalized spacial score (nSPS) is 21.0. The first-order chi connectivity index (χ1) is 14.5. The number of hydrogen-bond donors (Lipinski definition) is 2. The number of allylic oxidation sites excluding steroid dienone is 2. The van der Waals surface area contributed by atoms with Crippen LogP contribution in [-0.2, 0) is 15.6 Å². The number of sulfonamides is 1. The molecule has 0 amide bonds. The summed E-state index contributed by atoms with van der Waals surface area (Å²) in [5, 5.41) is 13.1. The number of aliphatic imine (C=N–C) groups is 1. The third-order valence-electron chi connectivity index (χ3n) is 5.09. The number of nitriles is 1. The molecule has 0 saturated carbocycles. The molecule has 10 heteroatoms. The average molecular weight is 462 g/mol. The van der Waals surface area contributed by atoms with Crippen molar-refractivity contribution < 1.29 is 12.8 Å². The van der Waals surface area contributed by atoms with Gasteiger partial charge in [-0.2, -0.15) is 5.26 Å². The molecule has 3 N–H and O–H groups in total. The zero-order valence-corrected chi connectivity index (χ0v) is 18.7. The zero-order valence-electron chi connectivity index (χ0n) is 17.1. The lowest BCUT2D eigenvalue weighted by molar-refractivity contribution is 0.458. The van der Waals surface area contributed by atoms with E-state index < -0.39 is 27.1 Å². The monoisotopic (exact) mass is 461 g/mol. The second-order valence-corrected chi connectivity index (χ2v) is 9.82. The van der Waals surface area contributed by atoms with Crippen LogP contribution in [0.15, 0.2) is 53.2 Å². The Kier molecular flexibility index (Phi) is 5.98. The molecule has 2 aromatic rings. The van der Waals surface area contributed by atoms with Crippen molar-refractivity contribution in [1.82, 2.24) is 4.31 Å². The summed E-state index contributed by atoms with van der Waals surface area (Å²) >= 11 is 5.90. The summed E-state index contributed by atoms with van der Waals surface area (Å²) in [7, 11) is -2.45. The maximum Gasteiger partial charge on any atom is 0.239 e. The molecule has 0 saturated heterocycles. The van der Waals surface area contributed by atoms with E-state index in [1.54, 1.807) is 37.3 Å². The fourth-order valence-electron chi connectivity index (χ4n) is 3.38. The third-order valence-corrected chi connectivity index (χ3v) is 7.29. The maximum absolute atomic E-state index is 15.5. The largest absolute Gasteiger partial charge is 0.369 e. The summed E-state index contributed by atoms with van der Waals surface area (Å²) in [5.41, 5.74) is 5.90. The molecular formula is C21H21ClFN5O2S. The molecule has 0 aromatic heterocycles. The van der Waals surface area contributed by atoms with Crippen LogP contribution < -0.4 is 11.1 Å². The Morgan fingerprint density at radius 1 is 1.32 bits per heavy atom. The fraction of sp³-hybridized carbons (Fsp3) is 0.238. The molecule has 1 aliphatic rings. The fourth-order valence-corrected chi connectivity index (χ4v) is 4.95. The Balaban J connectivity index is 2.04. The van der Waals surface area contributed by atoms with Crippen LogP contribution in [-0.4, -0.2) is 31.5 Å². The molecule has 0 radical (unpaired) electrons. The first-order valence-corrected chi connectivity index (χ1v) is 11.2. The van der Waals surface area contributed by atoms with Gasteiger partial charge in [-0.1, -0.05) is 35.9 Å². The van der Waals surface area contributed by atoms with E-state index in [0.717, 1.165) is 4.31 Å². The highest BCUT2D eigenvalue weighted by Gasteiger charge is 2.42. The zero-order chi connectivity index (χ0) is 23.0. The molecule has 0 bridgehead atoms. The van der Waals surface area contributed by atoms with Crippen LogP contribution >= 0.6 is 11.6 Å². The Morgan fingerprint density at radius 2 is 1.97 bits per heavy atom. The van der Waals surface area contributed by atoms with E-state index in [2.05, 4.69) is 16.4 Å². The molecule has 1 aliphatic heterocycles. The SMILES string of the molecule is C/C(Nc1cccc([C@]2(C)CS(=O)(=O)N(C)C(N)=N2)c1F)=C(\C#N)c1ccc(Cl)cc1. The third kappa shape index (κ3) is 4.36. The van der Waals surface area contributed by atoms with Gasteiger partial charge < -0.3 is 11.1 Å². The summed E-state index contributed by atoms with van der Waals surface area (Å²) in [6.45, 7) is 3.17. The molecule has 1 heterocycles. The van der Waals surface area contributed by atoms with E-state index in [1.165, 1.54) is 26.1 Å². The maximum atomic E-state index is 15.5. The highest BCUT2D eigenvalue weighted by Crippen LogP contribution is 2.36. The Bertz CT molecular complexity index is 1240. The number of nitrogens with zero attached hydrogens (tertiary/aromatic N) is 3. The van der Waals surface area contributed by atoms with Crippen molar-refractivity contribution in [2.45, 2.75) is 19.4 Å². The van der Waals surface area contributed by atoms with Crippen molar-refractivity contribution in [3.63, 3.8) is 0 Å². The number of anilines is 1. The van der Waals surface area contributed by atoms with Crippen molar-refractivity contribution >= 4 is 38.8 Å². The molecule has 31 heavy (non-hydrogen) atoms. The minimum absolute atomic E-state index is 0.0786. The summed E-state index contributed by atoms with van der Waals surface area (Å²) < 4.78 is 41.2. The minimum Gasteiger partial charge on any atom is -0.369 e. The van der Waals surface area contributed by atoms with Crippen LogP contribution in [0.4, 0.5) is 10.1 Å². The average Bonchev–Trinajstić information content (AvgIpc) is 2.69. The molecule has 0 aliphatic carbocycles.